The van der Waals surface area contributed by atoms with E-state index in [-0.39, 0.29) is 23.6 Å². The van der Waals surface area contributed by atoms with Crippen LogP contribution in [0.1, 0.15) is 26.7 Å². The Morgan fingerprint density at radius 2 is 1.66 bits per heavy atom. The lowest BCUT2D eigenvalue weighted by atomic mass is 9.84. The Morgan fingerprint density at radius 3 is 2.31 bits per heavy atom. The van der Waals surface area contributed by atoms with E-state index in [4.69, 9.17) is 5.73 Å². The molecule has 7 nitrogen and oxygen atoms in total. The minimum Gasteiger partial charge on any atom is -0.341 e. The van der Waals surface area contributed by atoms with Crippen LogP contribution in [0.25, 0.3) is 0 Å². The number of likely N-dealkylation sites (tertiary alicyclic amines) is 1. The zero-order valence-corrected chi connectivity index (χ0v) is 18.3. The van der Waals surface area contributed by atoms with Crippen LogP contribution >= 0.6 is 0 Å². The molecule has 0 radical (unpaired) electrons. The minimum absolute atomic E-state index is 0.000781. The molecule has 4 rings (SSSR count). The quantitative estimate of drug-likeness (QED) is 0.747. The van der Waals surface area contributed by atoms with Crippen molar-refractivity contribution in [2.75, 3.05) is 29.4 Å². The summed E-state index contributed by atoms with van der Waals surface area (Å²) in [6.07, 6.45) is 1.92. The lowest BCUT2D eigenvalue weighted by molar-refractivity contribution is -0.135. The Hall–Kier alpha value is -3.26. The van der Waals surface area contributed by atoms with E-state index in [1.54, 1.807) is 35.2 Å². The van der Waals surface area contributed by atoms with Crippen LogP contribution in [-0.2, 0) is 14.4 Å². The zero-order valence-electron chi connectivity index (χ0n) is 18.3. The maximum absolute atomic E-state index is 14.6. The highest BCUT2D eigenvalue weighted by atomic mass is 19.1. The molecule has 1 fully saturated rings. The fourth-order valence-corrected chi connectivity index (χ4v) is 4.45. The van der Waals surface area contributed by atoms with Gasteiger partial charge in [0.05, 0.1) is 17.1 Å². The van der Waals surface area contributed by atoms with E-state index in [2.05, 4.69) is 13.8 Å². The van der Waals surface area contributed by atoms with Crippen molar-refractivity contribution in [3.63, 3.8) is 0 Å². The molecule has 8 heteroatoms. The second-order valence-electron chi connectivity index (χ2n) is 9.10. The number of anilines is 3. The first kappa shape index (κ1) is 22.0. The molecule has 0 saturated carbocycles. The number of rotatable bonds is 3. The third-order valence-electron chi connectivity index (χ3n) is 6.07. The summed E-state index contributed by atoms with van der Waals surface area (Å²) in [6, 6.07) is 10.9. The number of hydrogen-bond acceptors (Lipinski definition) is 4. The Kier molecular flexibility index (Phi) is 5.73. The largest absolute Gasteiger partial charge is 0.341 e. The standard InChI is InChI=1S/C24H27FN4O3/c1-24(2)12-7-13-27(15-24)20(30)14-28-18-10-5-6-11-19(18)29(23(32)21(26)22(28)31)17-9-4-3-8-16(17)25/h3-6,8-11,21H,7,12-15,26H2,1-2H3. The van der Waals surface area contributed by atoms with Crippen LogP contribution in [-0.4, -0.2) is 48.3 Å². The van der Waals surface area contributed by atoms with Gasteiger partial charge in [-0.1, -0.05) is 38.1 Å². The topological polar surface area (TPSA) is 87.0 Å². The molecule has 1 atom stereocenters. The predicted molar refractivity (Wildman–Crippen MR) is 120 cm³/mol. The van der Waals surface area contributed by atoms with Gasteiger partial charge in [0.1, 0.15) is 12.4 Å². The smallest absolute Gasteiger partial charge is 0.258 e. The summed E-state index contributed by atoms with van der Waals surface area (Å²) in [7, 11) is 0. The molecular formula is C24H27FN4O3. The summed E-state index contributed by atoms with van der Waals surface area (Å²) in [5.74, 6) is -2.26. The fourth-order valence-electron chi connectivity index (χ4n) is 4.45. The van der Waals surface area contributed by atoms with Gasteiger partial charge in [0.15, 0.2) is 6.04 Å². The average Bonchev–Trinajstić information content (AvgIpc) is 2.83. The number of amides is 3. The highest BCUT2D eigenvalue weighted by molar-refractivity contribution is 6.23. The third-order valence-corrected chi connectivity index (χ3v) is 6.07. The van der Waals surface area contributed by atoms with Crippen LogP contribution in [0, 0.1) is 11.2 Å². The Balaban J connectivity index is 1.74. The molecule has 1 saturated heterocycles. The molecule has 168 valence electrons. The van der Waals surface area contributed by atoms with Crippen molar-refractivity contribution in [3.8, 4) is 0 Å². The summed E-state index contributed by atoms with van der Waals surface area (Å²) in [5.41, 5.74) is 6.68. The minimum atomic E-state index is -1.56. The van der Waals surface area contributed by atoms with Crippen LogP contribution in [0.5, 0.6) is 0 Å². The number of halogens is 1. The van der Waals surface area contributed by atoms with Gasteiger partial charge in [-0.2, -0.15) is 0 Å². The van der Waals surface area contributed by atoms with Crippen LogP contribution in [0.3, 0.4) is 0 Å². The van der Waals surface area contributed by atoms with E-state index in [0.29, 0.717) is 24.5 Å². The molecule has 0 aliphatic carbocycles. The van der Waals surface area contributed by atoms with Crippen molar-refractivity contribution in [2.24, 2.45) is 11.1 Å². The van der Waals surface area contributed by atoms with Gasteiger partial charge in [-0.25, -0.2) is 4.39 Å². The van der Waals surface area contributed by atoms with E-state index in [0.717, 1.165) is 17.7 Å². The number of nitrogens with two attached hydrogens (primary N) is 1. The number of hydrogen-bond donors (Lipinski definition) is 1. The molecule has 1 unspecified atom stereocenters. The van der Waals surface area contributed by atoms with Crippen molar-refractivity contribution in [2.45, 2.75) is 32.7 Å². The third kappa shape index (κ3) is 3.98. The lowest BCUT2D eigenvalue weighted by Gasteiger charge is -2.39. The number of benzene rings is 2. The van der Waals surface area contributed by atoms with Gasteiger partial charge >= 0.3 is 0 Å². The predicted octanol–water partition coefficient (Wildman–Crippen LogP) is 2.81. The fraction of sp³-hybridized carbons (Fsp3) is 0.375. The maximum Gasteiger partial charge on any atom is 0.258 e. The molecular weight excluding hydrogens is 411 g/mol. The van der Waals surface area contributed by atoms with Crippen molar-refractivity contribution >= 4 is 34.8 Å². The monoisotopic (exact) mass is 438 g/mol. The van der Waals surface area contributed by atoms with Crippen LogP contribution < -0.4 is 15.5 Å². The summed E-state index contributed by atoms with van der Waals surface area (Å²) in [4.78, 5) is 43.7. The van der Waals surface area contributed by atoms with E-state index in [9.17, 15) is 18.8 Å². The normalized spacial score (nSPS) is 20.8. The molecule has 2 aliphatic rings. The molecule has 32 heavy (non-hydrogen) atoms. The van der Waals surface area contributed by atoms with Crippen LogP contribution in [0.2, 0.25) is 0 Å². The molecule has 2 heterocycles. The lowest BCUT2D eigenvalue weighted by Crippen LogP contribution is -2.53. The molecule has 2 N–H and O–H groups in total. The second-order valence-corrected chi connectivity index (χ2v) is 9.10. The van der Waals surface area contributed by atoms with Gasteiger partial charge in [-0.05, 0) is 42.5 Å². The van der Waals surface area contributed by atoms with E-state index in [1.165, 1.54) is 23.1 Å². The molecule has 3 amide bonds. The Morgan fingerprint density at radius 1 is 1.03 bits per heavy atom. The van der Waals surface area contributed by atoms with Crippen LogP contribution in [0.4, 0.5) is 21.5 Å². The number of piperidine rings is 1. The summed E-state index contributed by atoms with van der Waals surface area (Å²) in [6.45, 7) is 5.21. The molecule has 2 aromatic rings. The summed E-state index contributed by atoms with van der Waals surface area (Å²) < 4.78 is 14.6. The molecule has 0 bridgehead atoms. The molecule has 0 spiro atoms. The number of fused-ring (bicyclic) bond motifs is 1. The van der Waals surface area contributed by atoms with Crippen LogP contribution in [0.15, 0.2) is 48.5 Å². The molecule has 2 aliphatic heterocycles. The van der Waals surface area contributed by atoms with Crippen molar-refractivity contribution in [1.82, 2.24) is 4.90 Å². The average molecular weight is 439 g/mol. The van der Waals surface area contributed by atoms with Gasteiger partial charge in [-0.15, -0.1) is 0 Å². The number of carbonyl (C=O) groups is 3. The Bertz CT molecular complexity index is 1070. The van der Waals surface area contributed by atoms with Gasteiger partial charge < -0.3 is 10.6 Å². The van der Waals surface area contributed by atoms with Crippen molar-refractivity contribution in [3.05, 3.63) is 54.3 Å². The number of nitrogens with zero attached hydrogens (tertiary/aromatic N) is 3. The summed E-state index contributed by atoms with van der Waals surface area (Å²) in [5, 5.41) is 0. The zero-order chi connectivity index (χ0) is 23.0. The first-order chi connectivity index (χ1) is 15.2. The van der Waals surface area contributed by atoms with Gasteiger partial charge in [0.25, 0.3) is 11.8 Å². The van der Waals surface area contributed by atoms with Gasteiger partial charge in [-0.3, -0.25) is 24.2 Å². The van der Waals surface area contributed by atoms with E-state index >= 15 is 0 Å². The number of carbonyl (C=O) groups excluding carboxylic acids is 3. The molecule has 2 aromatic carbocycles. The van der Waals surface area contributed by atoms with E-state index < -0.39 is 23.7 Å². The Labute approximate surface area is 186 Å². The van der Waals surface area contributed by atoms with Gasteiger partial charge in [0.2, 0.25) is 5.91 Å². The SMILES string of the molecule is CC1(C)CCCN(C(=O)CN2C(=O)C(N)C(=O)N(c3ccccc3F)c3ccccc32)C1. The molecule has 0 aromatic heterocycles. The van der Waals surface area contributed by atoms with E-state index in [1.807, 2.05) is 0 Å². The first-order valence-corrected chi connectivity index (χ1v) is 10.7. The summed E-state index contributed by atoms with van der Waals surface area (Å²) >= 11 is 0. The highest BCUT2D eigenvalue weighted by Gasteiger charge is 2.41. The second kappa shape index (κ2) is 8.35. The van der Waals surface area contributed by atoms with Crippen molar-refractivity contribution in [1.29, 1.82) is 0 Å². The van der Waals surface area contributed by atoms with Gasteiger partial charge in [0, 0.05) is 13.1 Å². The maximum atomic E-state index is 14.6. The van der Waals surface area contributed by atoms with Crippen molar-refractivity contribution < 1.29 is 18.8 Å². The highest BCUT2D eigenvalue weighted by Crippen LogP contribution is 2.38. The number of para-hydroxylation sites is 3. The first-order valence-electron chi connectivity index (χ1n) is 10.7.